The Balaban J connectivity index is 1.11. The third kappa shape index (κ3) is 9.78. The first kappa shape index (κ1) is 50.4. The highest BCUT2D eigenvalue weighted by atomic mass is 15.3. The van der Waals surface area contributed by atoms with Crippen LogP contribution in [0.3, 0.4) is 0 Å². The van der Waals surface area contributed by atoms with Gasteiger partial charge in [-0.15, -0.1) is 0 Å². The van der Waals surface area contributed by atoms with Crippen molar-refractivity contribution in [3.63, 3.8) is 0 Å². The summed E-state index contributed by atoms with van der Waals surface area (Å²) in [4.78, 5) is 7.38. The summed E-state index contributed by atoms with van der Waals surface area (Å²) in [5, 5.41) is 0.0324. The first-order valence-corrected chi connectivity index (χ1v) is 33.1. The number of hydrogen-bond acceptors (Lipinski definition) is 3. The molecular formula is C90H82N4. The maximum absolute atomic E-state index is 9.78. The zero-order valence-electron chi connectivity index (χ0n) is 63.8. The maximum Gasteiger partial charge on any atom is 0.0948 e. The molecule has 12 aromatic carbocycles. The first-order chi connectivity index (χ1) is 48.5. The summed E-state index contributed by atoms with van der Waals surface area (Å²) >= 11 is 0. The molecule has 0 atom stereocenters. The van der Waals surface area contributed by atoms with Crippen molar-refractivity contribution >= 4 is 73.0 Å². The topological polar surface area (TPSA) is 14.7 Å². The molecule has 3 aliphatic rings. The Hall–Kier alpha value is -10.2. The van der Waals surface area contributed by atoms with Gasteiger partial charge in [0.2, 0.25) is 0 Å². The number of aromatic nitrogens is 1. The Bertz CT molecular complexity index is 5510. The summed E-state index contributed by atoms with van der Waals surface area (Å²) < 4.78 is 76.8. The van der Waals surface area contributed by atoms with E-state index in [1.807, 2.05) is 12.1 Å². The molecule has 4 heteroatoms. The smallest absolute Gasteiger partial charge is 0.0948 e. The molecule has 1 aromatic heterocycles. The van der Waals surface area contributed by atoms with E-state index >= 15 is 0 Å². The van der Waals surface area contributed by atoms with Crippen molar-refractivity contribution in [2.75, 3.05) is 14.7 Å². The van der Waals surface area contributed by atoms with Gasteiger partial charge in [-0.05, 0) is 179 Å². The van der Waals surface area contributed by atoms with Gasteiger partial charge < -0.3 is 19.3 Å². The Kier molecular flexibility index (Phi) is 11.6. The van der Waals surface area contributed by atoms with E-state index in [1.165, 1.54) is 38.9 Å². The standard InChI is InChI=1S/C90H82N4/c1-87(2,3)64-40-44-77(73(54-64)57-27-15-13-16-28-57)92-79-43-39-59(62-48-66(89(7,8)9)53-67(49-62)90(10,11)12)50-81(79)94-80-46-42-68(91-75-37-25-23-35-71(75)72-36-24-26-38-76(72)91)56-82(80)93(78-45-41-65(88(4,5)6)55-74(78)58-29-17-14-18-30-58)84-52-63(51-83(92)86(84)94)85-69-33-21-19-31-60(69)47-61-32-20-22-34-70(61)85/h13-46,48-56,85H,47H2,1-12H3/i23D,24D,25D,26D,35D,36D,37D,38D. The Labute approximate surface area is 567 Å². The second kappa shape index (κ2) is 21.7. The van der Waals surface area contributed by atoms with E-state index in [2.05, 4.69) is 298 Å². The molecule has 1 aliphatic carbocycles. The lowest BCUT2D eigenvalue weighted by Crippen LogP contribution is -2.31. The lowest BCUT2D eigenvalue weighted by Gasteiger charge is -2.48. The summed E-state index contributed by atoms with van der Waals surface area (Å²) in [6.45, 7) is 27.3. The number of hydrogen-bond donors (Lipinski definition) is 0. The molecule has 3 heterocycles. The molecule has 94 heavy (non-hydrogen) atoms. The van der Waals surface area contributed by atoms with E-state index in [9.17, 15) is 8.22 Å². The minimum absolute atomic E-state index is 0.0162. The molecular weight excluding hydrogens is 1140 g/mol. The van der Waals surface area contributed by atoms with Crippen LogP contribution in [0.5, 0.6) is 0 Å². The molecule has 2 aliphatic heterocycles. The molecule has 0 fully saturated rings. The third-order valence-corrected chi connectivity index (χ3v) is 19.8. The van der Waals surface area contributed by atoms with Crippen LogP contribution in [0.4, 0.5) is 51.2 Å². The average Bonchev–Trinajstić information content (AvgIpc) is 1.24. The van der Waals surface area contributed by atoms with Gasteiger partial charge in [-0.2, -0.15) is 0 Å². The van der Waals surface area contributed by atoms with Crippen LogP contribution in [0.2, 0.25) is 0 Å². The van der Waals surface area contributed by atoms with Crippen LogP contribution in [0.1, 0.15) is 150 Å². The van der Waals surface area contributed by atoms with Gasteiger partial charge in [0.25, 0.3) is 0 Å². The second-order valence-corrected chi connectivity index (χ2v) is 30.1. The van der Waals surface area contributed by atoms with Crippen LogP contribution in [0.25, 0.3) is 60.9 Å². The van der Waals surface area contributed by atoms with Gasteiger partial charge in [-0.1, -0.05) is 265 Å². The SMILES string of the molecule is [2H]c1c([2H])c([2H])c2c(c1[2H])c1c([2H])c([2H])c([2H])c([2H])c1n2-c1ccc2c(c1)N(c1ccc(C(C)(C)C)cc1-c1ccccc1)c1cc(C3c4ccccc4Cc4ccccc43)cc3c1N2c1cc(-c2cc(C(C)(C)C)cc(C(C)(C)C)c2)ccc1N3c1ccc(C(C)(C)C)cc1-c1ccccc1. The highest BCUT2D eigenvalue weighted by molar-refractivity contribution is 6.16. The summed E-state index contributed by atoms with van der Waals surface area (Å²) in [7, 11) is 0. The number of benzene rings is 12. The monoisotopic (exact) mass is 1230 g/mol. The van der Waals surface area contributed by atoms with Crippen molar-refractivity contribution in [1.82, 2.24) is 4.57 Å². The molecule has 0 N–H and O–H groups in total. The zero-order valence-corrected chi connectivity index (χ0v) is 55.8. The molecule has 0 unspecified atom stereocenters. The minimum Gasteiger partial charge on any atom is -0.309 e. The van der Waals surface area contributed by atoms with Gasteiger partial charge in [0.05, 0.1) is 73.2 Å². The number of nitrogens with zero attached hydrogens (tertiary/aromatic N) is 4. The van der Waals surface area contributed by atoms with Crippen molar-refractivity contribution in [2.24, 2.45) is 0 Å². The van der Waals surface area contributed by atoms with Crippen LogP contribution in [-0.2, 0) is 28.1 Å². The predicted octanol–water partition coefficient (Wildman–Crippen LogP) is 25.1. The summed E-state index contributed by atoms with van der Waals surface area (Å²) in [5.41, 5.74) is 24.9. The van der Waals surface area contributed by atoms with Crippen LogP contribution < -0.4 is 14.7 Å². The fourth-order valence-electron chi connectivity index (χ4n) is 14.7. The average molecular weight is 1230 g/mol. The second-order valence-electron chi connectivity index (χ2n) is 30.1. The van der Waals surface area contributed by atoms with Crippen LogP contribution in [0.15, 0.2) is 261 Å². The fraction of sp³-hybridized carbons (Fsp3) is 0.200. The van der Waals surface area contributed by atoms with E-state index in [4.69, 9.17) is 2.74 Å². The number of rotatable bonds is 7. The molecule has 0 amide bonds. The number of anilines is 9. The number of fused-ring (bicyclic) bond motifs is 9. The van der Waals surface area contributed by atoms with Gasteiger partial charge in [0, 0.05) is 33.5 Å². The van der Waals surface area contributed by atoms with Crippen molar-refractivity contribution in [3.8, 4) is 39.1 Å². The molecule has 0 saturated heterocycles. The Morgan fingerprint density at radius 3 is 1.28 bits per heavy atom. The summed E-state index contributed by atoms with van der Waals surface area (Å²) in [6, 6.07) is 74.6. The largest absolute Gasteiger partial charge is 0.309 e. The van der Waals surface area contributed by atoms with E-state index in [0.717, 1.165) is 102 Å². The van der Waals surface area contributed by atoms with Gasteiger partial charge in [-0.25, -0.2) is 0 Å². The first-order valence-electron chi connectivity index (χ1n) is 37.1. The van der Waals surface area contributed by atoms with Crippen molar-refractivity contribution in [2.45, 2.75) is 117 Å². The molecule has 0 bridgehead atoms. The van der Waals surface area contributed by atoms with E-state index in [-0.39, 0.29) is 73.6 Å². The fourth-order valence-corrected chi connectivity index (χ4v) is 14.7. The zero-order chi connectivity index (χ0) is 71.7. The van der Waals surface area contributed by atoms with Gasteiger partial charge >= 0.3 is 0 Å². The lowest BCUT2D eigenvalue weighted by atomic mass is 9.74. The molecule has 16 rings (SSSR count). The molecule has 0 spiro atoms. The Morgan fingerprint density at radius 1 is 0.330 bits per heavy atom. The summed E-state index contributed by atoms with van der Waals surface area (Å²) in [6.07, 6.45) is 0.789. The van der Waals surface area contributed by atoms with Gasteiger partial charge in [0.15, 0.2) is 0 Å². The van der Waals surface area contributed by atoms with E-state index in [1.54, 1.807) is 4.57 Å². The van der Waals surface area contributed by atoms with Gasteiger partial charge in [-0.3, -0.25) is 0 Å². The van der Waals surface area contributed by atoms with Crippen LogP contribution in [-0.4, -0.2) is 4.57 Å². The summed E-state index contributed by atoms with van der Waals surface area (Å²) in [5.74, 6) is -0.231. The molecule has 0 radical (unpaired) electrons. The highest BCUT2D eigenvalue weighted by Crippen LogP contribution is 2.66. The maximum atomic E-state index is 9.78. The quantitative estimate of drug-likeness (QED) is 0.158. The van der Waals surface area contributed by atoms with Crippen LogP contribution in [0, 0.1) is 0 Å². The van der Waals surface area contributed by atoms with E-state index in [0.29, 0.717) is 5.69 Å². The van der Waals surface area contributed by atoms with Crippen molar-refractivity contribution in [3.05, 3.63) is 311 Å². The van der Waals surface area contributed by atoms with Crippen molar-refractivity contribution < 1.29 is 11.0 Å². The normalized spacial score (nSPS) is 15.0. The Morgan fingerprint density at radius 2 is 0.766 bits per heavy atom. The van der Waals surface area contributed by atoms with Crippen molar-refractivity contribution in [1.29, 1.82) is 0 Å². The molecule has 13 aromatic rings. The molecule has 0 saturated carbocycles. The molecule has 4 nitrogen and oxygen atoms in total. The van der Waals surface area contributed by atoms with Crippen LogP contribution >= 0.6 is 0 Å². The highest BCUT2D eigenvalue weighted by Gasteiger charge is 2.43. The predicted molar refractivity (Wildman–Crippen MR) is 400 cm³/mol. The lowest BCUT2D eigenvalue weighted by molar-refractivity contribution is 0.569. The molecule has 462 valence electrons. The number of para-hydroxylation sites is 2. The van der Waals surface area contributed by atoms with E-state index < -0.39 is 24.2 Å². The third-order valence-electron chi connectivity index (χ3n) is 19.8. The van der Waals surface area contributed by atoms with Gasteiger partial charge in [0.1, 0.15) is 0 Å². The minimum atomic E-state index is -0.493.